The fourth-order valence-electron chi connectivity index (χ4n) is 3.97. The number of hydrogen-bond donors (Lipinski definition) is 1. The van der Waals surface area contributed by atoms with Crippen molar-refractivity contribution in [3.05, 3.63) is 124 Å². The van der Waals surface area contributed by atoms with Gasteiger partial charge in [-0.05, 0) is 53.6 Å². The van der Waals surface area contributed by atoms with Gasteiger partial charge in [0.25, 0.3) is 5.56 Å². The van der Waals surface area contributed by atoms with Gasteiger partial charge in [-0.1, -0.05) is 54.6 Å². The molecule has 0 amide bonds. The van der Waals surface area contributed by atoms with Gasteiger partial charge in [0, 0.05) is 5.56 Å². The number of hydrogen-bond acceptors (Lipinski definition) is 6. The van der Waals surface area contributed by atoms with Gasteiger partial charge in [0.05, 0.1) is 29.8 Å². The molecule has 0 aliphatic carbocycles. The fourth-order valence-corrected chi connectivity index (χ4v) is 3.97. The number of carboxylic acid groups (broad SMARTS) is 1. The van der Waals surface area contributed by atoms with Crippen LogP contribution in [0.2, 0.25) is 0 Å². The third-order valence-corrected chi connectivity index (χ3v) is 5.86. The second kappa shape index (κ2) is 10.8. The summed E-state index contributed by atoms with van der Waals surface area (Å²) < 4.78 is 12.7. The van der Waals surface area contributed by atoms with Crippen LogP contribution in [0.4, 0.5) is 0 Å². The van der Waals surface area contributed by atoms with E-state index >= 15 is 0 Å². The predicted molar refractivity (Wildman–Crippen MR) is 145 cm³/mol. The first-order valence-corrected chi connectivity index (χ1v) is 11.8. The number of carboxylic acids is 1. The summed E-state index contributed by atoms with van der Waals surface area (Å²) in [6, 6.07) is 28.4. The third kappa shape index (κ3) is 5.15. The topological polar surface area (TPSA) is 103 Å². The molecule has 0 spiro atoms. The molecule has 188 valence electrons. The number of ether oxygens (including phenoxy) is 2. The van der Waals surface area contributed by atoms with Gasteiger partial charge in [-0.2, -0.15) is 9.78 Å². The molecule has 0 aliphatic rings. The maximum Gasteiger partial charge on any atom is 0.335 e. The molecule has 0 bridgehead atoms. The number of para-hydroxylation sites is 1. The van der Waals surface area contributed by atoms with Crippen molar-refractivity contribution in [3.8, 4) is 22.9 Å². The molecule has 0 saturated carbocycles. The Hall–Kier alpha value is -5.24. The first kappa shape index (κ1) is 24.5. The van der Waals surface area contributed by atoms with E-state index in [1.807, 2.05) is 36.4 Å². The second-order valence-electron chi connectivity index (χ2n) is 8.38. The number of nitrogens with zero attached hydrogens (tertiary/aromatic N) is 3. The van der Waals surface area contributed by atoms with Crippen LogP contribution in [0.3, 0.4) is 0 Å². The van der Waals surface area contributed by atoms with E-state index in [2.05, 4.69) is 5.10 Å². The Morgan fingerprint density at radius 1 is 0.947 bits per heavy atom. The van der Waals surface area contributed by atoms with Crippen molar-refractivity contribution in [2.24, 2.45) is 5.10 Å². The minimum Gasteiger partial charge on any atom is -0.493 e. The molecule has 1 heterocycles. The monoisotopic (exact) mass is 505 g/mol. The maximum atomic E-state index is 13.3. The van der Waals surface area contributed by atoms with Crippen LogP contribution in [0.15, 0.2) is 107 Å². The number of aromatic carboxylic acids is 1. The summed E-state index contributed by atoms with van der Waals surface area (Å²) in [6.07, 6.45) is 1.56. The van der Waals surface area contributed by atoms with Gasteiger partial charge in [0.2, 0.25) is 0 Å². The van der Waals surface area contributed by atoms with Gasteiger partial charge in [-0.15, -0.1) is 0 Å². The lowest BCUT2D eigenvalue weighted by Gasteiger charge is -2.12. The SMILES string of the molecule is COc1cc(C=Nn2c(-c3ccccc3)nc3ccccc3c2=O)ccc1OCc1cccc(C(=O)O)c1. The molecular formula is C30H23N3O5. The van der Waals surface area contributed by atoms with Crippen LogP contribution < -0.4 is 15.0 Å². The Morgan fingerprint density at radius 2 is 1.74 bits per heavy atom. The number of carbonyl (C=O) groups is 1. The maximum absolute atomic E-state index is 13.3. The number of aromatic nitrogens is 2. The summed E-state index contributed by atoms with van der Waals surface area (Å²) >= 11 is 0. The van der Waals surface area contributed by atoms with Crippen molar-refractivity contribution in [2.75, 3.05) is 7.11 Å². The highest BCUT2D eigenvalue weighted by atomic mass is 16.5. The van der Waals surface area contributed by atoms with Crippen LogP contribution in [-0.2, 0) is 6.61 Å². The highest BCUT2D eigenvalue weighted by Gasteiger charge is 2.12. The van der Waals surface area contributed by atoms with E-state index in [1.165, 1.54) is 17.9 Å². The lowest BCUT2D eigenvalue weighted by molar-refractivity contribution is 0.0696. The summed E-state index contributed by atoms with van der Waals surface area (Å²) in [5.41, 5.74) is 2.68. The van der Waals surface area contributed by atoms with Gasteiger partial charge in [0.1, 0.15) is 6.61 Å². The van der Waals surface area contributed by atoms with Crippen molar-refractivity contribution < 1.29 is 19.4 Å². The Balaban J connectivity index is 1.45. The van der Waals surface area contributed by atoms with E-state index in [1.54, 1.807) is 60.8 Å². The molecule has 38 heavy (non-hydrogen) atoms. The van der Waals surface area contributed by atoms with E-state index in [0.29, 0.717) is 39.4 Å². The second-order valence-corrected chi connectivity index (χ2v) is 8.38. The molecule has 0 saturated heterocycles. The van der Waals surface area contributed by atoms with E-state index < -0.39 is 5.97 Å². The van der Waals surface area contributed by atoms with Gasteiger partial charge < -0.3 is 14.6 Å². The Kier molecular flexibility index (Phi) is 6.95. The molecule has 0 aliphatic heterocycles. The minimum absolute atomic E-state index is 0.170. The highest BCUT2D eigenvalue weighted by molar-refractivity contribution is 5.87. The number of methoxy groups -OCH3 is 1. The Morgan fingerprint density at radius 3 is 2.53 bits per heavy atom. The number of fused-ring (bicyclic) bond motifs is 1. The molecule has 4 aromatic carbocycles. The van der Waals surface area contributed by atoms with Crippen LogP contribution >= 0.6 is 0 Å². The van der Waals surface area contributed by atoms with Crippen molar-refractivity contribution in [3.63, 3.8) is 0 Å². The molecule has 8 heteroatoms. The van der Waals surface area contributed by atoms with Crippen LogP contribution in [-0.4, -0.2) is 34.1 Å². The van der Waals surface area contributed by atoms with Crippen LogP contribution in [0.25, 0.3) is 22.3 Å². The largest absolute Gasteiger partial charge is 0.493 e. The zero-order valence-corrected chi connectivity index (χ0v) is 20.4. The molecule has 5 aromatic rings. The molecule has 5 rings (SSSR count). The summed E-state index contributed by atoms with van der Waals surface area (Å²) in [7, 11) is 1.53. The summed E-state index contributed by atoms with van der Waals surface area (Å²) in [6.45, 7) is 0.170. The number of benzene rings is 4. The molecule has 0 atom stereocenters. The van der Waals surface area contributed by atoms with Gasteiger partial charge >= 0.3 is 5.97 Å². The Labute approximate surface area is 218 Å². The molecule has 0 fully saturated rings. The summed E-state index contributed by atoms with van der Waals surface area (Å²) in [5, 5.41) is 14.2. The molecule has 1 aromatic heterocycles. The molecular weight excluding hydrogens is 482 g/mol. The van der Waals surface area contributed by atoms with Gasteiger partial charge in [0.15, 0.2) is 17.3 Å². The normalized spacial score (nSPS) is 11.1. The highest BCUT2D eigenvalue weighted by Crippen LogP contribution is 2.28. The average Bonchev–Trinajstić information content (AvgIpc) is 2.96. The van der Waals surface area contributed by atoms with Crippen molar-refractivity contribution in [2.45, 2.75) is 6.61 Å². The zero-order chi connectivity index (χ0) is 26.5. The van der Waals surface area contributed by atoms with Gasteiger partial charge in [-0.25, -0.2) is 9.78 Å². The summed E-state index contributed by atoms with van der Waals surface area (Å²) in [5.74, 6) is 0.390. The predicted octanol–water partition coefficient (Wildman–Crippen LogP) is 5.23. The average molecular weight is 506 g/mol. The van der Waals surface area contributed by atoms with Crippen LogP contribution in [0.1, 0.15) is 21.5 Å². The lowest BCUT2D eigenvalue weighted by atomic mass is 10.1. The Bertz CT molecular complexity index is 1710. The van der Waals surface area contributed by atoms with Crippen LogP contribution in [0.5, 0.6) is 11.5 Å². The van der Waals surface area contributed by atoms with Crippen LogP contribution in [0, 0.1) is 0 Å². The first-order chi connectivity index (χ1) is 18.5. The van der Waals surface area contributed by atoms with E-state index in [9.17, 15) is 14.7 Å². The quantitative estimate of drug-likeness (QED) is 0.290. The fraction of sp³-hybridized carbons (Fsp3) is 0.0667. The number of rotatable bonds is 8. The first-order valence-electron chi connectivity index (χ1n) is 11.8. The van der Waals surface area contributed by atoms with Crippen molar-refractivity contribution in [1.29, 1.82) is 0 Å². The lowest BCUT2D eigenvalue weighted by Crippen LogP contribution is -2.20. The van der Waals surface area contributed by atoms with E-state index in [4.69, 9.17) is 14.5 Å². The minimum atomic E-state index is -0.996. The summed E-state index contributed by atoms with van der Waals surface area (Å²) in [4.78, 5) is 29.3. The molecule has 1 N–H and O–H groups in total. The molecule has 0 radical (unpaired) electrons. The zero-order valence-electron chi connectivity index (χ0n) is 20.4. The third-order valence-electron chi connectivity index (χ3n) is 5.86. The van der Waals surface area contributed by atoms with Crippen molar-refractivity contribution in [1.82, 2.24) is 9.66 Å². The van der Waals surface area contributed by atoms with E-state index in [0.717, 1.165) is 5.56 Å². The van der Waals surface area contributed by atoms with Crippen molar-refractivity contribution >= 4 is 23.1 Å². The standard InChI is InChI=1S/C30H23N3O5/c1-37-27-17-20(14-15-26(27)38-19-21-8-7-11-23(16-21)30(35)36)18-31-33-28(22-9-3-2-4-10-22)32-25-13-6-5-12-24(25)29(33)34/h2-18H,19H2,1H3,(H,35,36). The smallest absolute Gasteiger partial charge is 0.335 e. The molecule has 0 unspecified atom stereocenters. The molecule has 8 nitrogen and oxygen atoms in total. The van der Waals surface area contributed by atoms with Gasteiger partial charge in [-0.3, -0.25) is 4.79 Å². The van der Waals surface area contributed by atoms with E-state index in [-0.39, 0.29) is 17.7 Å².